The van der Waals surface area contributed by atoms with Crippen LogP contribution in [0.3, 0.4) is 0 Å². The number of halogens is 1. The van der Waals surface area contributed by atoms with Gasteiger partial charge in [-0.25, -0.2) is 4.79 Å². The molecule has 0 saturated carbocycles. The van der Waals surface area contributed by atoms with Crippen molar-refractivity contribution in [1.29, 1.82) is 0 Å². The van der Waals surface area contributed by atoms with Gasteiger partial charge in [-0.1, -0.05) is 23.7 Å². The summed E-state index contributed by atoms with van der Waals surface area (Å²) in [4.78, 5) is 14.1. The van der Waals surface area contributed by atoms with Gasteiger partial charge in [0.2, 0.25) is 0 Å². The van der Waals surface area contributed by atoms with Crippen molar-refractivity contribution in [3.8, 4) is 0 Å². The van der Waals surface area contributed by atoms with E-state index < -0.39 is 5.60 Å². The Bertz CT molecular complexity index is 627. The second kappa shape index (κ2) is 9.47. The van der Waals surface area contributed by atoms with Crippen LogP contribution in [0.4, 0.5) is 4.79 Å². The summed E-state index contributed by atoms with van der Waals surface area (Å²) in [6, 6.07) is 8.60. The Kier molecular flexibility index (Phi) is 7.77. The minimum Gasteiger partial charge on any atom is -0.444 e. The van der Waals surface area contributed by atoms with Crippen molar-refractivity contribution in [3.05, 3.63) is 34.9 Å². The maximum Gasteiger partial charge on any atom is 0.410 e. The molecule has 1 aliphatic rings. The van der Waals surface area contributed by atoms with E-state index in [9.17, 15) is 4.79 Å². The maximum absolute atomic E-state index is 12.3. The lowest BCUT2D eigenvalue weighted by Crippen LogP contribution is -2.49. The molecule has 158 valence electrons. The van der Waals surface area contributed by atoms with Crippen molar-refractivity contribution in [2.24, 2.45) is 0 Å². The van der Waals surface area contributed by atoms with Crippen LogP contribution in [-0.4, -0.2) is 47.8 Å². The molecule has 1 aromatic carbocycles. The largest absolute Gasteiger partial charge is 0.444 e. The van der Waals surface area contributed by atoms with Gasteiger partial charge in [-0.05, 0) is 72.1 Å². The summed E-state index contributed by atoms with van der Waals surface area (Å²) >= 11 is 6.06. The molecule has 28 heavy (non-hydrogen) atoms. The quantitative estimate of drug-likeness (QED) is 0.736. The Morgan fingerprint density at radius 1 is 1.14 bits per heavy atom. The van der Waals surface area contributed by atoms with Crippen LogP contribution in [0.15, 0.2) is 24.3 Å². The summed E-state index contributed by atoms with van der Waals surface area (Å²) < 4.78 is 5.49. The molecule has 1 aromatic rings. The molecule has 2 rings (SSSR count). The van der Waals surface area contributed by atoms with Crippen LogP contribution in [0.1, 0.15) is 66.0 Å². The number of hydrogen-bond donors (Lipinski definition) is 2. The SMILES string of the molecule is CC(C)(C)NC[C@H](NC1CCN(C(=O)OC(C)(C)C)CC1)c1ccc(Cl)cc1. The van der Waals surface area contributed by atoms with E-state index in [1.807, 2.05) is 37.8 Å². The Hall–Kier alpha value is -1.30. The molecule has 6 heteroatoms. The van der Waals surface area contributed by atoms with Crippen molar-refractivity contribution in [3.63, 3.8) is 0 Å². The fourth-order valence-corrected chi connectivity index (χ4v) is 3.34. The average Bonchev–Trinajstić information content (AvgIpc) is 2.57. The van der Waals surface area contributed by atoms with E-state index in [0.717, 1.165) is 24.4 Å². The van der Waals surface area contributed by atoms with E-state index in [2.05, 4.69) is 43.5 Å². The van der Waals surface area contributed by atoms with E-state index in [0.29, 0.717) is 19.1 Å². The smallest absolute Gasteiger partial charge is 0.410 e. The number of ether oxygens (including phenoxy) is 1. The highest BCUT2D eigenvalue weighted by atomic mass is 35.5. The van der Waals surface area contributed by atoms with Crippen LogP contribution in [-0.2, 0) is 4.74 Å². The first-order valence-electron chi connectivity index (χ1n) is 10.2. The summed E-state index contributed by atoms with van der Waals surface area (Å²) in [5, 5.41) is 8.13. The number of carbonyl (C=O) groups is 1. The highest BCUT2D eigenvalue weighted by Crippen LogP contribution is 2.21. The molecule has 0 aromatic heterocycles. The van der Waals surface area contributed by atoms with Crippen LogP contribution in [0, 0.1) is 0 Å². The number of carbonyl (C=O) groups excluding carboxylic acids is 1. The van der Waals surface area contributed by atoms with Crippen LogP contribution in [0.5, 0.6) is 0 Å². The number of nitrogens with one attached hydrogen (secondary N) is 2. The first kappa shape index (κ1) is 23.0. The lowest BCUT2D eigenvalue weighted by atomic mass is 9.99. The molecule has 1 amide bonds. The summed E-state index contributed by atoms with van der Waals surface area (Å²) in [5.41, 5.74) is 0.812. The van der Waals surface area contributed by atoms with E-state index in [1.54, 1.807) is 0 Å². The van der Waals surface area contributed by atoms with Gasteiger partial charge in [0.25, 0.3) is 0 Å². The van der Waals surface area contributed by atoms with Crippen molar-refractivity contribution >= 4 is 17.7 Å². The predicted molar refractivity (Wildman–Crippen MR) is 116 cm³/mol. The fraction of sp³-hybridized carbons (Fsp3) is 0.682. The van der Waals surface area contributed by atoms with Gasteiger partial charge in [-0.3, -0.25) is 0 Å². The standard InChI is InChI=1S/C22H36ClN3O2/c1-21(2,3)24-15-19(16-7-9-17(23)10-8-16)25-18-11-13-26(14-12-18)20(27)28-22(4,5)6/h7-10,18-19,24-25H,11-15H2,1-6H3/t19-/m0/s1. The van der Waals surface area contributed by atoms with Gasteiger partial charge in [-0.2, -0.15) is 0 Å². The van der Waals surface area contributed by atoms with E-state index in [-0.39, 0.29) is 17.7 Å². The number of hydrogen-bond acceptors (Lipinski definition) is 4. The summed E-state index contributed by atoms with van der Waals surface area (Å²) in [5.74, 6) is 0. The molecular formula is C22H36ClN3O2. The predicted octanol–water partition coefficient (Wildman–Crippen LogP) is 4.76. The topological polar surface area (TPSA) is 53.6 Å². The van der Waals surface area contributed by atoms with Crippen molar-refractivity contribution in [2.75, 3.05) is 19.6 Å². The molecule has 0 spiro atoms. The highest BCUT2D eigenvalue weighted by Gasteiger charge is 2.28. The second-order valence-corrected chi connectivity index (χ2v) is 10.1. The van der Waals surface area contributed by atoms with Gasteiger partial charge in [0.1, 0.15) is 5.60 Å². The lowest BCUT2D eigenvalue weighted by Gasteiger charge is -2.36. The average molecular weight is 410 g/mol. The monoisotopic (exact) mass is 409 g/mol. The lowest BCUT2D eigenvalue weighted by molar-refractivity contribution is 0.0195. The van der Waals surface area contributed by atoms with Gasteiger partial charge >= 0.3 is 6.09 Å². The van der Waals surface area contributed by atoms with Gasteiger partial charge in [0, 0.05) is 42.3 Å². The molecule has 2 N–H and O–H groups in total. The molecule has 0 unspecified atom stereocenters. The fourth-order valence-electron chi connectivity index (χ4n) is 3.22. The maximum atomic E-state index is 12.3. The molecule has 1 fully saturated rings. The number of benzene rings is 1. The number of amides is 1. The van der Waals surface area contributed by atoms with Gasteiger partial charge in [0.15, 0.2) is 0 Å². The number of piperidine rings is 1. The molecule has 1 saturated heterocycles. The summed E-state index contributed by atoms with van der Waals surface area (Å²) in [6.07, 6.45) is 1.62. The zero-order chi connectivity index (χ0) is 20.9. The first-order chi connectivity index (χ1) is 12.9. The molecule has 1 aliphatic heterocycles. The molecule has 0 radical (unpaired) electrons. The minimum atomic E-state index is -0.454. The van der Waals surface area contributed by atoms with E-state index >= 15 is 0 Å². The zero-order valence-electron chi connectivity index (χ0n) is 18.1. The molecule has 5 nitrogen and oxygen atoms in total. The third kappa shape index (κ3) is 7.98. The Morgan fingerprint density at radius 3 is 2.21 bits per heavy atom. The Morgan fingerprint density at radius 2 is 1.71 bits per heavy atom. The van der Waals surface area contributed by atoms with Gasteiger partial charge < -0.3 is 20.3 Å². The van der Waals surface area contributed by atoms with Crippen LogP contribution >= 0.6 is 11.6 Å². The van der Waals surface area contributed by atoms with Gasteiger partial charge in [0.05, 0.1) is 0 Å². The van der Waals surface area contributed by atoms with Crippen molar-refractivity contribution in [2.45, 2.75) is 77.6 Å². The number of likely N-dealkylation sites (tertiary alicyclic amines) is 1. The third-order valence-electron chi connectivity index (χ3n) is 4.69. The zero-order valence-corrected chi connectivity index (χ0v) is 18.9. The Labute approximate surface area is 175 Å². The van der Waals surface area contributed by atoms with Crippen LogP contribution in [0.25, 0.3) is 0 Å². The Balaban J connectivity index is 1.95. The van der Waals surface area contributed by atoms with Crippen molar-refractivity contribution in [1.82, 2.24) is 15.5 Å². The highest BCUT2D eigenvalue weighted by molar-refractivity contribution is 6.30. The number of nitrogens with zero attached hydrogens (tertiary/aromatic N) is 1. The molecule has 0 bridgehead atoms. The molecule has 1 heterocycles. The van der Waals surface area contributed by atoms with E-state index in [1.165, 1.54) is 5.56 Å². The van der Waals surface area contributed by atoms with Crippen molar-refractivity contribution < 1.29 is 9.53 Å². The molecule has 0 aliphatic carbocycles. The minimum absolute atomic E-state index is 0.0480. The summed E-state index contributed by atoms with van der Waals surface area (Å²) in [7, 11) is 0. The summed E-state index contributed by atoms with van der Waals surface area (Å²) in [6.45, 7) is 14.5. The normalized spacial score (nSPS) is 17.5. The van der Waals surface area contributed by atoms with Crippen LogP contribution in [0.2, 0.25) is 5.02 Å². The van der Waals surface area contributed by atoms with Crippen LogP contribution < -0.4 is 10.6 Å². The third-order valence-corrected chi connectivity index (χ3v) is 4.94. The van der Waals surface area contributed by atoms with E-state index in [4.69, 9.17) is 16.3 Å². The number of rotatable bonds is 5. The first-order valence-corrected chi connectivity index (χ1v) is 10.6. The molecule has 1 atom stereocenters. The van der Waals surface area contributed by atoms with Gasteiger partial charge in [-0.15, -0.1) is 0 Å². The molecular weight excluding hydrogens is 374 g/mol. The second-order valence-electron chi connectivity index (χ2n) is 9.64.